The van der Waals surface area contributed by atoms with Gasteiger partial charge in [-0.2, -0.15) is 0 Å². The Morgan fingerprint density at radius 3 is 1.46 bits per heavy atom. The molecule has 2 aromatic heterocycles. The number of amides is 1. The number of benzene rings is 4. The van der Waals surface area contributed by atoms with Crippen molar-refractivity contribution in [1.82, 2.24) is 15.6 Å². The molecule has 0 bridgehead atoms. The number of aromatic nitrogens is 2. The number of aliphatic carboxylic acids is 2. The van der Waals surface area contributed by atoms with Gasteiger partial charge in [-0.1, -0.05) is 103 Å². The molecule has 1 amide bonds. The molecule has 0 radical (unpaired) electrons. The fourth-order valence-corrected chi connectivity index (χ4v) is 6.95. The van der Waals surface area contributed by atoms with Gasteiger partial charge in [0.05, 0.1) is 50.4 Å². The van der Waals surface area contributed by atoms with Crippen molar-refractivity contribution < 1.29 is 63.2 Å². The van der Waals surface area contributed by atoms with Crippen molar-refractivity contribution >= 4 is 47.0 Å². The van der Waals surface area contributed by atoms with Crippen LogP contribution >= 0.6 is 23.2 Å². The highest BCUT2D eigenvalue weighted by Crippen LogP contribution is 2.29. The summed E-state index contributed by atoms with van der Waals surface area (Å²) in [6, 6.07) is 32.4. The van der Waals surface area contributed by atoms with E-state index in [1.165, 1.54) is 40.2 Å². The molecule has 0 saturated carbocycles. The van der Waals surface area contributed by atoms with Gasteiger partial charge in [-0.3, -0.25) is 14.4 Å². The number of ether oxygens (including phenoxy) is 2. The first-order chi connectivity index (χ1) is 31.8. The van der Waals surface area contributed by atoms with Gasteiger partial charge in [0.1, 0.15) is 0 Å². The van der Waals surface area contributed by atoms with Crippen molar-refractivity contribution in [3.63, 3.8) is 0 Å². The summed E-state index contributed by atoms with van der Waals surface area (Å²) in [6.45, 7) is 1.95. The molecule has 0 saturated heterocycles. The van der Waals surface area contributed by atoms with Crippen molar-refractivity contribution in [3.8, 4) is 34.0 Å². The van der Waals surface area contributed by atoms with E-state index in [2.05, 4.69) is 24.9 Å². The van der Waals surface area contributed by atoms with Crippen LogP contribution in [0.5, 0.6) is 11.8 Å². The third kappa shape index (κ3) is 16.2. The van der Waals surface area contributed by atoms with Gasteiger partial charge >= 0.3 is 17.9 Å². The summed E-state index contributed by atoms with van der Waals surface area (Å²) in [5, 5.41) is 57.1. The Balaban J connectivity index is 0.000000305. The first kappa shape index (κ1) is 55.6. The van der Waals surface area contributed by atoms with Crippen molar-refractivity contribution in [2.24, 2.45) is 16.6 Å². The lowest BCUT2D eigenvalue weighted by atomic mass is 9.82. The molecule has 6 aromatic rings. The topological polar surface area (TPSA) is 278 Å². The maximum atomic E-state index is 12.7. The lowest BCUT2D eigenvalue weighted by Gasteiger charge is -2.28. The fourth-order valence-electron chi connectivity index (χ4n) is 6.57. The van der Waals surface area contributed by atoms with E-state index in [0.29, 0.717) is 22.9 Å². The van der Waals surface area contributed by atoms with Crippen LogP contribution in [0, 0.1) is 10.8 Å². The van der Waals surface area contributed by atoms with Gasteiger partial charge in [0.25, 0.3) is 17.7 Å². The van der Waals surface area contributed by atoms with Gasteiger partial charge in [0, 0.05) is 22.1 Å². The number of carboxylic acids is 3. The highest BCUT2D eigenvalue weighted by Gasteiger charge is 2.37. The zero-order chi connectivity index (χ0) is 49.3. The number of carbonyl (C=O) groups is 4. The summed E-state index contributed by atoms with van der Waals surface area (Å²) in [6.07, 6.45) is 1.12. The van der Waals surface area contributed by atoms with Crippen molar-refractivity contribution in [3.05, 3.63) is 142 Å². The van der Waals surface area contributed by atoms with Crippen LogP contribution < -0.4 is 20.5 Å². The molecular weight excluding hydrogens is 923 g/mol. The van der Waals surface area contributed by atoms with Crippen LogP contribution in [0.25, 0.3) is 22.3 Å². The minimum Gasteiger partial charge on any atom is -0.481 e. The predicted molar refractivity (Wildman–Crippen MR) is 255 cm³/mol. The van der Waals surface area contributed by atoms with Gasteiger partial charge in [-0.05, 0) is 107 Å². The second-order valence-electron chi connectivity index (χ2n) is 16.0. The van der Waals surface area contributed by atoms with E-state index >= 15 is 0 Å². The molecule has 2 heterocycles. The minimum atomic E-state index is -1.43. The van der Waals surface area contributed by atoms with Crippen LogP contribution in [0.2, 0.25) is 10.0 Å². The van der Waals surface area contributed by atoms with Gasteiger partial charge in [0.2, 0.25) is 11.5 Å². The number of methoxy groups -OCH3 is 2. The summed E-state index contributed by atoms with van der Waals surface area (Å²) in [7, 11) is 2.78. The molecule has 0 aliphatic carbocycles. The Morgan fingerprint density at radius 2 is 1.07 bits per heavy atom. The molecule has 4 aromatic carbocycles. The molecule has 19 heteroatoms. The smallest absolute Gasteiger partial charge is 0.374 e. The summed E-state index contributed by atoms with van der Waals surface area (Å²) in [5.74, 6) is -3.87. The molecule has 0 aliphatic heterocycles. The molecule has 364 valence electrons. The lowest BCUT2D eigenvalue weighted by Crippen LogP contribution is -2.44. The first-order valence-electron chi connectivity index (χ1n) is 20.5. The Labute approximate surface area is 403 Å². The zero-order valence-corrected chi connectivity index (χ0v) is 38.5. The number of aliphatic hydroxyl groups is 2. The molecule has 0 spiro atoms. The number of rotatable bonds is 19. The normalized spacial score (nSPS) is 13.2. The molecule has 8 N–H and O–H groups in total. The molecule has 0 aliphatic rings. The number of hydrogen-bond acceptors (Lipinski definition) is 13. The van der Waals surface area contributed by atoms with E-state index in [9.17, 15) is 39.6 Å². The molecule has 68 heavy (non-hydrogen) atoms. The van der Waals surface area contributed by atoms with E-state index < -0.39 is 53.9 Å². The highest BCUT2D eigenvalue weighted by atomic mass is 35.5. The van der Waals surface area contributed by atoms with Crippen LogP contribution in [0.15, 0.2) is 118 Å². The predicted octanol–water partition coefficient (Wildman–Crippen LogP) is 8.19. The Hall–Kier alpha value is -6.76. The highest BCUT2D eigenvalue weighted by molar-refractivity contribution is 6.31. The van der Waals surface area contributed by atoms with E-state index in [1.54, 1.807) is 6.07 Å². The van der Waals surface area contributed by atoms with E-state index in [-0.39, 0.29) is 49.6 Å². The molecule has 0 unspecified atom stereocenters. The molecule has 17 nitrogen and oxygen atoms in total. The SMILES string of the molecule is C.COc1cc(C(=O)N[C@H](Cc2ccc(-c3cccc(Cl)c3)cc2)C[C@@](C)(CO)C(=O)O)on1.COc1cc(C(=O)O)on1.C[C@@](CO)(C[C@H](N)Cc1ccc(-c2cccc(Cl)c2)cc1)C(=O)O. The van der Waals surface area contributed by atoms with Gasteiger partial charge in [0.15, 0.2) is 0 Å². The van der Waals surface area contributed by atoms with Crippen molar-refractivity contribution in [2.75, 3.05) is 27.4 Å². The first-order valence-corrected chi connectivity index (χ1v) is 21.3. The third-order valence-corrected chi connectivity index (χ3v) is 11.0. The van der Waals surface area contributed by atoms with Gasteiger partial charge in [-0.25, -0.2) is 4.79 Å². The number of nitrogens with one attached hydrogen (secondary N) is 1. The van der Waals surface area contributed by atoms with E-state index in [4.69, 9.17) is 43.3 Å². The van der Waals surface area contributed by atoms with Gasteiger partial charge < -0.3 is 55.1 Å². The lowest BCUT2D eigenvalue weighted by molar-refractivity contribution is -0.152. The summed E-state index contributed by atoms with van der Waals surface area (Å²) < 4.78 is 18.8. The van der Waals surface area contributed by atoms with Gasteiger partial charge in [-0.15, -0.1) is 0 Å². The molecular formula is C49H56Cl2N4O13. The van der Waals surface area contributed by atoms with Crippen LogP contribution in [0.1, 0.15) is 66.4 Å². The standard InChI is InChI=1S/C24H25ClN2O6.C19H22ClNO3.C5H5NO4.CH4/c1-24(14-28,23(30)31)13-19(26-22(29)20-12-21(32-2)27-33-20)10-15-6-8-16(9-7-15)17-4-3-5-18(25)11-17;1-19(12-22,18(23)24)11-17(21)9-13-5-7-14(8-6-13)15-3-2-4-16(20)10-15;1-9-4-2-3(5(7)8)10-6-4;/h3-9,11-12,19,28H,10,13-14H2,1-2H3,(H,26,29)(H,30,31);2-8,10,17,22H,9,11-12,21H2,1H3,(H,23,24);2H,1H3,(H,7,8);1H4/t19-,24+;17-,19+;;/m11../s1. The molecule has 6 rings (SSSR count). The second-order valence-corrected chi connectivity index (χ2v) is 16.9. The number of aliphatic hydroxyl groups excluding tert-OH is 2. The van der Waals surface area contributed by atoms with E-state index in [0.717, 1.165) is 33.4 Å². The Morgan fingerprint density at radius 1 is 0.647 bits per heavy atom. The summed E-state index contributed by atoms with van der Waals surface area (Å²) >= 11 is 12.1. The van der Waals surface area contributed by atoms with Crippen LogP contribution in [-0.4, -0.2) is 99.2 Å². The van der Waals surface area contributed by atoms with Crippen molar-refractivity contribution in [2.45, 2.75) is 59.0 Å². The number of aromatic carboxylic acids is 1. The number of hydrogen-bond donors (Lipinski definition) is 7. The number of halogens is 2. The largest absolute Gasteiger partial charge is 0.481 e. The summed E-state index contributed by atoms with van der Waals surface area (Å²) in [5.41, 5.74) is 9.39. The Bertz CT molecular complexity index is 2570. The maximum Gasteiger partial charge on any atom is 0.374 e. The maximum absolute atomic E-state index is 12.7. The number of nitrogens with two attached hydrogens (primary N) is 1. The average Bonchev–Trinajstić information content (AvgIpc) is 4.01. The number of nitrogens with zero attached hydrogens (tertiary/aromatic N) is 2. The Kier molecular flexibility index (Phi) is 21.2. The molecule has 4 atom stereocenters. The summed E-state index contributed by atoms with van der Waals surface area (Å²) in [4.78, 5) is 45.8. The van der Waals surface area contributed by atoms with Crippen LogP contribution in [0.3, 0.4) is 0 Å². The molecule has 0 fully saturated rings. The average molecular weight is 980 g/mol. The number of carbonyl (C=O) groups excluding carboxylic acids is 1. The minimum absolute atomic E-state index is 0. The van der Waals surface area contributed by atoms with Crippen LogP contribution in [0.4, 0.5) is 0 Å². The van der Waals surface area contributed by atoms with Crippen LogP contribution in [-0.2, 0) is 22.4 Å². The van der Waals surface area contributed by atoms with E-state index in [1.807, 2.05) is 91.0 Å². The quantitative estimate of drug-likeness (QED) is 0.0403. The monoisotopic (exact) mass is 978 g/mol. The zero-order valence-electron chi connectivity index (χ0n) is 37.0. The number of carboxylic acid groups (broad SMARTS) is 3. The van der Waals surface area contributed by atoms with Crippen molar-refractivity contribution in [1.29, 1.82) is 0 Å². The second kappa shape index (κ2) is 26.0. The fraction of sp³-hybridized carbons (Fsp3) is 0.306. The third-order valence-electron chi connectivity index (χ3n) is 10.5.